The standard InChI is InChI=1S/C28H29FN4O4Si/c1-28(2)15-16-30(38-18-28)27-12-11-23(17-24(27)29)31-25(19-3-7-21(8-4-19)32(34)35)13-14-26(31)20-5-9-22(10-6-20)33(36)37/h3-12,17,25-26H,13-16,18H2,1-2H3/t25-,26-/m0/s1. The molecule has 0 unspecified atom stereocenters. The third kappa shape index (κ3) is 5.13. The van der Waals surface area contributed by atoms with Crippen molar-refractivity contribution in [2.75, 3.05) is 16.0 Å². The number of halogens is 1. The Kier molecular flexibility index (Phi) is 6.91. The smallest absolute Gasteiger partial charge is 0.269 e. The number of rotatable bonds is 6. The normalized spacial score (nSPS) is 20.9. The molecule has 5 rings (SSSR count). The second-order valence-corrected chi connectivity index (χ2v) is 12.0. The van der Waals surface area contributed by atoms with Gasteiger partial charge in [-0.25, -0.2) is 4.39 Å². The van der Waals surface area contributed by atoms with E-state index in [2.05, 4.69) is 23.3 Å². The summed E-state index contributed by atoms with van der Waals surface area (Å²) < 4.78 is 17.7. The summed E-state index contributed by atoms with van der Waals surface area (Å²) in [6, 6.07) is 19.2. The van der Waals surface area contributed by atoms with Crippen molar-refractivity contribution < 1.29 is 14.2 Å². The third-order valence-corrected chi connectivity index (χ3v) is 9.60. The molecule has 3 aromatic carbocycles. The first-order valence-electron chi connectivity index (χ1n) is 12.7. The maximum Gasteiger partial charge on any atom is 0.269 e. The van der Waals surface area contributed by atoms with Crippen LogP contribution in [0, 0.1) is 31.5 Å². The molecule has 0 aromatic heterocycles. The molecule has 0 spiro atoms. The average molecular weight is 533 g/mol. The molecule has 2 saturated heterocycles. The summed E-state index contributed by atoms with van der Waals surface area (Å²) in [6.07, 6.45) is 2.52. The monoisotopic (exact) mass is 532 g/mol. The van der Waals surface area contributed by atoms with E-state index >= 15 is 4.39 Å². The summed E-state index contributed by atoms with van der Waals surface area (Å²) in [6.45, 7) is 5.32. The van der Waals surface area contributed by atoms with Crippen molar-refractivity contribution in [1.82, 2.24) is 0 Å². The van der Waals surface area contributed by atoms with Crippen molar-refractivity contribution in [2.45, 2.75) is 51.2 Å². The van der Waals surface area contributed by atoms with Gasteiger partial charge in [-0.2, -0.15) is 0 Å². The first kappa shape index (κ1) is 25.8. The second-order valence-electron chi connectivity index (χ2n) is 10.7. The highest BCUT2D eigenvalue weighted by atomic mass is 28.2. The van der Waals surface area contributed by atoms with E-state index in [4.69, 9.17) is 0 Å². The number of anilines is 2. The van der Waals surface area contributed by atoms with Crippen LogP contribution in [0.15, 0.2) is 66.7 Å². The molecule has 10 heteroatoms. The highest BCUT2D eigenvalue weighted by Gasteiger charge is 2.36. The van der Waals surface area contributed by atoms with Gasteiger partial charge in [0.2, 0.25) is 0 Å². The first-order chi connectivity index (χ1) is 18.1. The highest BCUT2D eigenvalue weighted by molar-refractivity contribution is 6.42. The Morgan fingerprint density at radius 3 is 1.82 bits per heavy atom. The van der Waals surface area contributed by atoms with E-state index in [0.717, 1.165) is 48.7 Å². The van der Waals surface area contributed by atoms with Gasteiger partial charge in [-0.15, -0.1) is 0 Å². The fourth-order valence-electron chi connectivity index (χ4n) is 5.43. The van der Waals surface area contributed by atoms with Crippen molar-refractivity contribution in [3.63, 3.8) is 0 Å². The predicted octanol–water partition coefficient (Wildman–Crippen LogP) is 7.00. The molecule has 2 atom stereocenters. The Morgan fingerprint density at radius 1 is 0.868 bits per heavy atom. The van der Waals surface area contributed by atoms with Gasteiger partial charge < -0.3 is 9.47 Å². The molecule has 3 aromatic rings. The van der Waals surface area contributed by atoms with Crippen LogP contribution in [0.5, 0.6) is 0 Å². The van der Waals surface area contributed by atoms with Gasteiger partial charge in [0.25, 0.3) is 11.4 Å². The topological polar surface area (TPSA) is 92.8 Å². The lowest BCUT2D eigenvalue weighted by Gasteiger charge is -2.38. The number of nitro benzene ring substituents is 2. The van der Waals surface area contributed by atoms with E-state index in [1.165, 1.54) is 24.3 Å². The average Bonchev–Trinajstić information content (AvgIpc) is 3.34. The number of hydrogen-bond donors (Lipinski definition) is 0. The number of hydrogen-bond acceptors (Lipinski definition) is 6. The van der Waals surface area contributed by atoms with E-state index in [1.807, 2.05) is 12.1 Å². The predicted molar refractivity (Wildman–Crippen MR) is 146 cm³/mol. The van der Waals surface area contributed by atoms with Crippen molar-refractivity contribution in [2.24, 2.45) is 5.41 Å². The van der Waals surface area contributed by atoms with Crippen LogP contribution < -0.4 is 9.47 Å². The molecule has 0 N–H and O–H groups in total. The van der Waals surface area contributed by atoms with Crippen LogP contribution >= 0.6 is 0 Å². The van der Waals surface area contributed by atoms with E-state index in [-0.39, 0.29) is 34.7 Å². The van der Waals surface area contributed by atoms with Gasteiger partial charge in [0.05, 0.1) is 27.6 Å². The molecule has 2 aliphatic heterocycles. The number of non-ortho nitro benzene ring substituents is 2. The van der Waals surface area contributed by atoms with Crippen LogP contribution in [0.4, 0.5) is 27.1 Å². The van der Waals surface area contributed by atoms with Crippen molar-refractivity contribution in [3.8, 4) is 0 Å². The van der Waals surface area contributed by atoms with Crippen LogP contribution in [0.1, 0.15) is 56.3 Å². The Hall–Kier alpha value is -3.79. The molecule has 2 heterocycles. The zero-order chi connectivity index (χ0) is 27.0. The molecule has 2 fully saturated rings. The third-order valence-electron chi connectivity index (χ3n) is 7.64. The van der Waals surface area contributed by atoms with Gasteiger partial charge in [0, 0.05) is 36.5 Å². The molecule has 0 saturated carbocycles. The minimum atomic E-state index is -0.424. The molecule has 0 bridgehead atoms. The SMILES string of the molecule is CC1(C)CCN(c2ccc(N3[C@H](c4ccc([N+](=O)[O-])cc4)CC[C@H]3c3ccc([N+](=O)[O-])cc3)cc2F)[Si]C1. The summed E-state index contributed by atoms with van der Waals surface area (Å²) in [4.78, 5) is 23.6. The zero-order valence-electron chi connectivity index (χ0n) is 21.3. The van der Waals surface area contributed by atoms with Gasteiger partial charge in [0.1, 0.15) is 5.82 Å². The Bertz CT molecular complexity index is 1270. The van der Waals surface area contributed by atoms with E-state index in [0.29, 0.717) is 15.4 Å². The summed E-state index contributed by atoms with van der Waals surface area (Å²) in [5.41, 5.74) is 3.46. The lowest BCUT2D eigenvalue weighted by Crippen LogP contribution is -2.39. The zero-order valence-corrected chi connectivity index (χ0v) is 22.3. The molecule has 2 aliphatic rings. The minimum absolute atomic E-state index is 0.0196. The van der Waals surface area contributed by atoms with E-state index in [9.17, 15) is 20.2 Å². The number of nitro groups is 2. The van der Waals surface area contributed by atoms with Crippen LogP contribution in [0.2, 0.25) is 6.04 Å². The quantitative estimate of drug-likeness (QED) is 0.193. The summed E-state index contributed by atoms with van der Waals surface area (Å²) in [7, 11) is 0.530. The first-order valence-corrected chi connectivity index (χ1v) is 13.9. The molecular weight excluding hydrogens is 503 g/mol. The van der Waals surface area contributed by atoms with Crippen LogP contribution in [0.3, 0.4) is 0 Å². The maximum atomic E-state index is 15.6. The van der Waals surface area contributed by atoms with Crippen molar-refractivity contribution >= 4 is 32.4 Å². The molecule has 38 heavy (non-hydrogen) atoms. The van der Waals surface area contributed by atoms with Gasteiger partial charge in [-0.05, 0) is 60.0 Å². The number of benzene rings is 3. The molecule has 2 radical (unpaired) electrons. The maximum absolute atomic E-state index is 15.6. The number of nitrogens with zero attached hydrogens (tertiary/aromatic N) is 4. The molecule has 0 amide bonds. The lowest BCUT2D eigenvalue weighted by molar-refractivity contribution is -0.385. The summed E-state index contributed by atoms with van der Waals surface area (Å²) in [5, 5.41) is 22.3. The van der Waals surface area contributed by atoms with E-state index in [1.54, 1.807) is 30.3 Å². The second kappa shape index (κ2) is 10.2. The molecule has 8 nitrogen and oxygen atoms in total. The van der Waals surface area contributed by atoms with Gasteiger partial charge in [0.15, 0.2) is 9.68 Å². The Balaban J connectivity index is 1.49. The summed E-state index contributed by atoms with van der Waals surface area (Å²) in [5.74, 6) is -0.272. The van der Waals surface area contributed by atoms with Crippen molar-refractivity contribution in [1.29, 1.82) is 0 Å². The van der Waals surface area contributed by atoms with Gasteiger partial charge in [-0.3, -0.25) is 20.2 Å². The Morgan fingerprint density at radius 2 is 1.39 bits per heavy atom. The fourth-order valence-corrected chi connectivity index (χ4v) is 6.85. The Labute approximate surface area is 223 Å². The van der Waals surface area contributed by atoms with Crippen molar-refractivity contribution in [3.05, 3.63) is 104 Å². The molecular formula is C28H29FN4O4Si. The highest BCUT2D eigenvalue weighted by Crippen LogP contribution is 2.48. The minimum Gasteiger partial charge on any atom is -0.396 e. The van der Waals surface area contributed by atoms with Crippen LogP contribution in [-0.2, 0) is 0 Å². The fraction of sp³-hybridized carbons (Fsp3) is 0.357. The van der Waals surface area contributed by atoms with Gasteiger partial charge in [-0.1, -0.05) is 38.1 Å². The largest absolute Gasteiger partial charge is 0.396 e. The van der Waals surface area contributed by atoms with Gasteiger partial charge >= 0.3 is 0 Å². The van der Waals surface area contributed by atoms with Crippen LogP contribution in [0.25, 0.3) is 0 Å². The summed E-state index contributed by atoms with van der Waals surface area (Å²) >= 11 is 0. The van der Waals surface area contributed by atoms with E-state index < -0.39 is 9.85 Å². The molecule has 196 valence electrons. The van der Waals surface area contributed by atoms with Crippen LogP contribution in [-0.4, -0.2) is 26.1 Å². The molecule has 0 aliphatic carbocycles. The lowest BCUT2D eigenvalue weighted by atomic mass is 9.91.